The fourth-order valence-electron chi connectivity index (χ4n) is 1.11. The number of hydrogen-bond donors (Lipinski definition) is 0. The maximum Gasteiger partial charge on any atom is 0.374 e. The van der Waals surface area contributed by atoms with Crippen LogP contribution in [0.25, 0.3) is 0 Å². The summed E-state index contributed by atoms with van der Waals surface area (Å²) in [6.07, 6.45) is 0.588. The number of hydrogen-bond acceptors (Lipinski definition) is 4. The number of carbonyl (C=O) groups is 2. The van der Waals surface area contributed by atoms with Gasteiger partial charge in [-0.25, -0.2) is 4.79 Å². The Morgan fingerprint density at radius 3 is 2.47 bits per heavy atom. The third kappa shape index (κ3) is 2.26. The zero-order valence-electron chi connectivity index (χ0n) is 9.29. The van der Waals surface area contributed by atoms with E-state index < -0.39 is 5.97 Å². The molecule has 1 heterocycles. The minimum Gasteiger partial charge on any atom is -0.463 e. The average molecular weight is 210 g/mol. The summed E-state index contributed by atoms with van der Waals surface area (Å²) in [5.74, 6) is -0.0741. The van der Waals surface area contributed by atoms with Crippen LogP contribution in [0.3, 0.4) is 0 Å². The van der Waals surface area contributed by atoms with Crippen LogP contribution in [0.4, 0.5) is 0 Å². The molecular weight excluding hydrogens is 196 g/mol. The van der Waals surface area contributed by atoms with Crippen molar-refractivity contribution in [1.29, 1.82) is 0 Å². The molecule has 0 aliphatic heterocycles. The van der Waals surface area contributed by atoms with Crippen LogP contribution >= 0.6 is 0 Å². The summed E-state index contributed by atoms with van der Waals surface area (Å²) in [6.45, 7) is 5.80. The van der Waals surface area contributed by atoms with Gasteiger partial charge in [-0.3, -0.25) is 4.79 Å². The second-order valence-electron chi connectivity index (χ2n) is 4.25. The smallest absolute Gasteiger partial charge is 0.374 e. The predicted octanol–water partition coefficient (Wildman–Crippen LogP) is 2.18. The summed E-state index contributed by atoms with van der Waals surface area (Å²) in [7, 11) is 1.25. The van der Waals surface area contributed by atoms with Gasteiger partial charge in [-0.05, 0) is 6.07 Å². The summed E-state index contributed by atoms with van der Waals surface area (Å²) >= 11 is 0. The van der Waals surface area contributed by atoms with Crippen LogP contribution in [0.15, 0.2) is 10.5 Å². The average Bonchev–Trinajstić information content (AvgIpc) is 2.59. The SMILES string of the molecule is COC(=O)c1oc(C(C)(C)C)cc1C=O. The number of methoxy groups -OCH3 is 1. The first-order chi connectivity index (χ1) is 6.90. The fourth-order valence-corrected chi connectivity index (χ4v) is 1.11. The Balaban J connectivity index is 3.23. The van der Waals surface area contributed by atoms with Gasteiger partial charge in [0.25, 0.3) is 0 Å². The molecule has 0 spiro atoms. The first-order valence-electron chi connectivity index (χ1n) is 4.58. The monoisotopic (exact) mass is 210 g/mol. The van der Waals surface area contributed by atoms with Crippen LogP contribution in [-0.2, 0) is 10.2 Å². The van der Waals surface area contributed by atoms with E-state index in [2.05, 4.69) is 4.74 Å². The van der Waals surface area contributed by atoms with Gasteiger partial charge in [0, 0.05) is 5.41 Å². The summed E-state index contributed by atoms with van der Waals surface area (Å²) in [5, 5.41) is 0. The van der Waals surface area contributed by atoms with E-state index in [1.807, 2.05) is 20.8 Å². The van der Waals surface area contributed by atoms with Crippen LogP contribution in [-0.4, -0.2) is 19.4 Å². The molecule has 1 rings (SSSR count). The van der Waals surface area contributed by atoms with Crippen LogP contribution in [0.2, 0.25) is 0 Å². The second kappa shape index (κ2) is 3.88. The molecule has 0 aliphatic rings. The molecule has 1 aromatic rings. The van der Waals surface area contributed by atoms with Gasteiger partial charge in [-0.15, -0.1) is 0 Å². The Kier molecular flexibility index (Phi) is 2.98. The standard InChI is InChI=1S/C11H14O4/c1-11(2,3)8-5-7(6-12)9(15-8)10(13)14-4/h5-6H,1-4H3. The molecule has 0 saturated heterocycles. The zero-order valence-corrected chi connectivity index (χ0v) is 9.29. The Morgan fingerprint density at radius 1 is 1.47 bits per heavy atom. The first kappa shape index (κ1) is 11.5. The number of rotatable bonds is 2. The Morgan fingerprint density at radius 2 is 2.07 bits per heavy atom. The van der Waals surface area contributed by atoms with Crippen molar-refractivity contribution in [3.8, 4) is 0 Å². The number of esters is 1. The highest BCUT2D eigenvalue weighted by atomic mass is 16.5. The van der Waals surface area contributed by atoms with Crippen molar-refractivity contribution < 1.29 is 18.7 Å². The van der Waals surface area contributed by atoms with E-state index in [0.717, 1.165) is 0 Å². The molecule has 0 atom stereocenters. The molecule has 0 bridgehead atoms. The molecule has 15 heavy (non-hydrogen) atoms. The van der Waals surface area contributed by atoms with Crippen LogP contribution < -0.4 is 0 Å². The molecule has 4 heteroatoms. The Bertz CT molecular complexity index is 382. The van der Waals surface area contributed by atoms with Gasteiger partial charge in [-0.2, -0.15) is 0 Å². The van der Waals surface area contributed by atoms with E-state index in [1.165, 1.54) is 7.11 Å². The highest BCUT2D eigenvalue weighted by Crippen LogP contribution is 2.26. The molecule has 4 nitrogen and oxygen atoms in total. The maximum absolute atomic E-state index is 11.3. The fraction of sp³-hybridized carbons (Fsp3) is 0.455. The van der Waals surface area contributed by atoms with Crippen LogP contribution in [0.1, 0.15) is 47.4 Å². The van der Waals surface area contributed by atoms with Gasteiger partial charge in [0.15, 0.2) is 6.29 Å². The van der Waals surface area contributed by atoms with E-state index >= 15 is 0 Å². The normalized spacial score (nSPS) is 11.2. The van der Waals surface area contributed by atoms with Gasteiger partial charge < -0.3 is 9.15 Å². The highest BCUT2D eigenvalue weighted by molar-refractivity contribution is 5.95. The van der Waals surface area contributed by atoms with Crippen LogP contribution in [0.5, 0.6) is 0 Å². The lowest BCUT2D eigenvalue weighted by Gasteiger charge is -2.13. The highest BCUT2D eigenvalue weighted by Gasteiger charge is 2.25. The summed E-state index contributed by atoms with van der Waals surface area (Å²) < 4.78 is 9.83. The molecule has 0 aliphatic carbocycles. The third-order valence-corrected chi connectivity index (χ3v) is 2.00. The van der Waals surface area contributed by atoms with E-state index in [4.69, 9.17) is 4.42 Å². The van der Waals surface area contributed by atoms with Gasteiger partial charge in [0.05, 0.1) is 12.7 Å². The van der Waals surface area contributed by atoms with Gasteiger partial charge in [-0.1, -0.05) is 20.8 Å². The molecule has 0 unspecified atom stereocenters. The molecular formula is C11H14O4. The van der Waals surface area contributed by atoms with Crippen molar-refractivity contribution in [2.45, 2.75) is 26.2 Å². The van der Waals surface area contributed by atoms with Crippen molar-refractivity contribution >= 4 is 12.3 Å². The Hall–Kier alpha value is -1.58. The van der Waals surface area contributed by atoms with Crippen molar-refractivity contribution in [3.05, 3.63) is 23.2 Å². The summed E-state index contributed by atoms with van der Waals surface area (Å²) in [5.41, 5.74) is -0.0175. The lowest BCUT2D eigenvalue weighted by atomic mass is 9.93. The maximum atomic E-state index is 11.3. The lowest BCUT2D eigenvalue weighted by Crippen LogP contribution is -2.09. The summed E-state index contributed by atoms with van der Waals surface area (Å²) in [4.78, 5) is 22.0. The van der Waals surface area contributed by atoms with Gasteiger partial charge in [0.1, 0.15) is 5.76 Å². The number of ether oxygens (including phenoxy) is 1. The number of aldehydes is 1. The minimum absolute atomic E-state index is 0.0302. The molecule has 0 aromatic carbocycles. The van der Waals surface area contributed by atoms with Gasteiger partial charge in [0.2, 0.25) is 5.76 Å². The molecule has 0 N–H and O–H groups in total. The molecule has 0 saturated carbocycles. The summed E-state index contributed by atoms with van der Waals surface area (Å²) in [6, 6.07) is 1.57. The topological polar surface area (TPSA) is 56.5 Å². The Labute approximate surface area is 88.2 Å². The molecule has 82 valence electrons. The molecule has 0 amide bonds. The first-order valence-corrected chi connectivity index (χ1v) is 4.58. The van der Waals surface area contributed by atoms with E-state index in [0.29, 0.717) is 12.0 Å². The van der Waals surface area contributed by atoms with Crippen molar-refractivity contribution in [2.24, 2.45) is 0 Å². The van der Waals surface area contributed by atoms with Crippen molar-refractivity contribution in [3.63, 3.8) is 0 Å². The quantitative estimate of drug-likeness (QED) is 0.554. The van der Waals surface area contributed by atoms with Crippen molar-refractivity contribution in [1.82, 2.24) is 0 Å². The largest absolute Gasteiger partial charge is 0.463 e. The molecule has 0 radical (unpaired) electrons. The van der Waals surface area contributed by atoms with E-state index in [-0.39, 0.29) is 16.7 Å². The number of furan rings is 1. The van der Waals surface area contributed by atoms with Crippen LogP contribution in [0, 0.1) is 0 Å². The molecule has 0 fully saturated rings. The lowest BCUT2D eigenvalue weighted by molar-refractivity contribution is 0.0558. The zero-order chi connectivity index (χ0) is 11.6. The van der Waals surface area contributed by atoms with E-state index in [9.17, 15) is 9.59 Å². The predicted molar refractivity (Wildman–Crippen MR) is 54.1 cm³/mol. The van der Waals surface area contributed by atoms with Crippen molar-refractivity contribution in [2.75, 3.05) is 7.11 Å². The van der Waals surface area contributed by atoms with E-state index in [1.54, 1.807) is 6.07 Å². The minimum atomic E-state index is -0.632. The second-order valence-corrected chi connectivity index (χ2v) is 4.25. The molecule has 1 aromatic heterocycles. The van der Waals surface area contributed by atoms with Gasteiger partial charge >= 0.3 is 5.97 Å². The number of carbonyl (C=O) groups excluding carboxylic acids is 2. The third-order valence-electron chi connectivity index (χ3n) is 2.00.